The van der Waals surface area contributed by atoms with Crippen molar-refractivity contribution in [2.45, 2.75) is 13.0 Å². The number of ether oxygens (including phenoxy) is 1. The number of nitrogens with zero attached hydrogens (tertiary/aromatic N) is 1. The van der Waals surface area contributed by atoms with Gasteiger partial charge in [0.2, 0.25) is 0 Å². The Labute approximate surface area is 79.5 Å². The van der Waals surface area contributed by atoms with Crippen molar-refractivity contribution < 1.29 is 9.84 Å². The molecule has 4 heteroatoms. The molecule has 0 aromatic carbocycles. The second-order valence-electron chi connectivity index (χ2n) is 2.50. The second kappa shape index (κ2) is 4.42. The molecule has 0 aliphatic heterocycles. The van der Waals surface area contributed by atoms with Gasteiger partial charge in [-0.25, -0.2) is 0 Å². The maximum Gasteiger partial charge on any atom is 0.138 e. The van der Waals surface area contributed by atoms with Gasteiger partial charge in [0, 0.05) is 10.7 Å². The molecule has 0 spiro atoms. The molecule has 0 unspecified atom stereocenters. The van der Waals surface area contributed by atoms with E-state index >= 15 is 0 Å². The van der Waals surface area contributed by atoms with Crippen LogP contribution in [0.3, 0.4) is 0 Å². The first-order chi connectivity index (χ1) is 5.68. The van der Waals surface area contributed by atoms with Gasteiger partial charge < -0.3 is 9.84 Å². The highest BCUT2D eigenvalue weighted by Crippen LogP contribution is 2.15. The van der Waals surface area contributed by atoms with Crippen molar-refractivity contribution in [2.75, 3.05) is 6.61 Å². The minimum Gasteiger partial charge on any atom is -0.489 e. The molecule has 1 rings (SSSR count). The van der Waals surface area contributed by atoms with Crippen LogP contribution < -0.4 is 4.74 Å². The van der Waals surface area contributed by atoms with E-state index in [4.69, 9.17) is 9.84 Å². The predicted octanol–water partition coefficient (Wildman–Crippen LogP) is 1.60. The molecule has 0 fully saturated rings. The molecule has 1 aromatic heterocycles. The lowest BCUT2D eigenvalue weighted by molar-refractivity contribution is 0.122. The van der Waals surface area contributed by atoms with E-state index in [0.29, 0.717) is 5.75 Å². The number of pyridine rings is 1. The first kappa shape index (κ1) is 9.48. The summed E-state index contributed by atoms with van der Waals surface area (Å²) in [7, 11) is 0. The van der Waals surface area contributed by atoms with Crippen LogP contribution >= 0.6 is 15.9 Å². The fourth-order valence-corrected chi connectivity index (χ4v) is 1.03. The monoisotopic (exact) mass is 231 g/mol. The minimum atomic E-state index is -0.455. The number of hydrogen-bond acceptors (Lipinski definition) is 3. The highest BCUT2D eigenvalue weighted by molar-refractivity contribution is 9.10. The van der Waals surface area contributed by atoms with E-state index in [1.807, 2.05) is 0 Å². The Morgan fingerprint density at radius 1 is 1.67 bits per heavy atom. The summed E-state index contributed by atoms with van der Waals surface area (Å²) in [6, 6.07) is 1.80. The molecule has 3 nitrogen and oxygen atoms in total. The molecule has 0 radical (unpaired) electrons. The average Bonchev–Trinajstić information content (AvgIpc) is 2.01. The van der Waals surface area contributed by atoms with Gasteiger partial charge in [0.05, 0.1) is 12.3 Å². The molecule has 1 atom stereocenters. The second-order valence-corrected chi connectivity index (χ2v) is 3.41. The molecule has 0 saturated carbocycles. The van der Waals surface area contributed by atoms with E-state index in [9.17, 15) is 0 Å². The van der Waals surface area contributed by atoms with Crippen molar-refractivity contribution in [3.8, 4) is 5.75 Å². The number of aromatic nitrogens is 1. The largest absolute Gasteiger partial charge is 0.489 e. The molecule has 1 aromatic rings. The molecule has 0 amide bonds. The van der Waals surface area contributed by atoms with Crippen LogP contribution in [0.2, 0.25) is 0 Å². The summed E-state index contributed by atoms with van der Waals surface area (Å²) >= 11 is 3.26. The summed E-state index contributed by atoms with van der Waals surface area (Å²) in [5.41, 5.74) is 0. The van der Waals surface area contributed by atoms with Crippen LogP contribution in [0.5, 0.6) is 5.75 Å². The van der Waals surface area contributed by atoms with Gasteiger partial charge in [0.1, 0.15) is 12.4 Å². The van der Waals surface area contributed by atoms with E-state index < -0.39 is 6.10 Å². The predicted molar refractivity (Wildman–Crippen MR) is 49.1 cm³/mol. The van der Waals surface area contributed by atoms with Crippen molar-refractivity contribution in [3.05, 3.63) is 22.9 Å². The van der Waals surface area contributed by atoms with Crippen LogP contribution in [0.15, 0.2) is 22.9 Å². The van der Waals surface area contributed by atoms with Crippen molar-refractivity contribution >= 4 is 15.9 Å². The van der Waals surface area contributed by atoms with E-state index in [1.165, 1.54) is 0 Å². The molecule has 1 N–H and O–H groups in total. The first-order valence-electron chi connectivity index (χ1n) is 3.60. The third-order valence-corrected chi connectivity index (χ3v) is 1.60. The molecule has 66 valence electrons. The molecular formula is C8H10BrNO2. The normalized spacial score (nSPS) is 12.6. The van der Waals surface area contributed by atoms with Gasteiger partial charge in [0.25, 0.3) is 0 Å². The lowest BCUT2D eigenvalue weighted by atomic mass is 10.4. The van der Waals surface area contributed by atoms with Gasteiger partial charge >= 0.3 is 0 Å². The molecular weight excluding hydrogens is 222 g/mol. The Morgan fingerprint density at radius 3 is 3.00 bits per heavy atom. The van der Waals surface area contributed by atoms with Gasteiger partial charge in [-0.05, 0) is 28.9 Å². The topological polar surface area (TPSA) is 42.4 Å². The maximum atomic E-state index is 8.93. The summed E-state index contributed by atoms with van der Waals surface area (Å²) in [5.74, 6) is 0.658. The highest BCUT2D eigenvalue weighted by Gasteiger charge is 1.98. The molecule has 0 bridgehead atoms. The standard InChI is InChI=1S/C8H10BrNO2/c1-6(11)5-12-8-2-7(9)3-10-4-8/h2-4,6,11H,5H2,1H3/t6-/m1/s1. The Bertz CT molecular complexity index is 253. The summed E-state index contributed by atoms with van der Waals surface area (Å²) in [6.07, 6.45) is 2.83. The van der Waals surface area contributed by atoms with E-state index in [0.717, 1.165) is 4.47 Å². The zero-order valence-corrected chi connectivity index (χ0v) is 8.28. The van der Waals surface area contributed by atoms with Gasteiger partial charge in [-0.2, -0.15) is 0 Å². The summed E-state index contributed by atoms with van der Waals surface area (Å²) in [4.78, 5) is 3.91. The summed E-state index contributed by atoms with van der Waals surface area (Å²) < 4.78 is 6.07. The number of aliphatic hydroxyl groups is 1. The minimum absolute atomic E-state index is 0.290. The lowest BCUT2D eigenvalue weighted by Crippen LogP contribution is -2.12. The van der Waals surface area contributed by atoms with Crippen LogP contribution in [0.1, 0.15) is 6.92 Å². The van der Waals surface area contributed by atoms with Crippen molar-refractivity contribution in [1.29, 1.82) is 0 Å². The molecule has 12 heavy (non-hydrogen) atoms. The van der Waals surface area contributed by atoms with Crippen molar-refractivity contribution in [1.82, 2.24) is 4.98 Å². The maximum absolute atomic E-state index is 8.93. The third-order valence-electron chi connectivity index (χ3n) is 1.17. The van der Waals surface area contributed by atoms with Gasteiger partial charge in [-0.1, -0.05) is 0 Å². The van der Waals surface area contributed by atoms with Crippen LogP contribution in [0.4, 0.5) is 0 Å². The Morgan fingerprint density at radius 2 is 2.42 bits per heavy atom. The molecule has 0 aliphatic carbocycles. The Hall–Kier alpha value is -0.610. The van der Waals surface area contributed by atoms with Crippen LogP contribution in [0, 0.1) is 0 Å². The van der Waals surface area contributed by atoms with Gasteiger partial charge in [-0.3, -0.25) is 4.98 Å². The molecule has 0 aliphatic rings. The zero-order valence-electron chi connectivity index (χ0n) is 6.70. The van der Waals surface area contributed by atoms with Crippen LogP contribution in [0.25, 0.3) is 0 Å². The zero-order chi connectivity index (χ0) is 8.97. The number of halogens is 1. The first-order valence-corrected chi connectivity index (χ1v) is 4.39. The number of aliphatic hydroxyl groups excluding tert-OH is 1. The van der Waals surface area contributed by atoms with E-state index in [-0.39, 0.29) is 6.61 Å². The Kier molecular flexibility index (Phi) is 3.49. The molecule has 1 heterocycles. The van der Waals surface area contributed by atoms with Crippen molar-refractivity contribution in [3.63, 3.8) is 0 Å². The Balaban J connectivity index is 2.52. The fraction of sp³-hybridized carbons (Fsp3) is 0.375. The quantitative estimate of drug-likeness (QED) is 0.860. The van der Waals surface area contributed by atoms with Gasteiger partial charge in [-0.15, -0.1) is 0 Å². The SMILES string of the molecule is C[C@@H](O)COc1cncc(Br)c1. The number of hydrogen-bond donors (Lipinski definition) is 1. The van der Waals surface area contributed by atoms with E-state index in [1.54, 1.807) is 25.4 Å². The fourth-order valence-electron chi connectivity index (χ4n) is 0.688. The summed E-state index contributed by atoms with van der Waals surface area (Å²) in [5, 5.41) is 8.93. The van der Waals surface area contributed by atoms with E-state index in [2.05, 4.69) is 20.9 Å². The van der Waals surface area contributed by atoms with Crippen LogP contribution in [-0.2, 0) is 0 Å². The van der Waals surface area contributed by atoms with Crippen LogP contribution in [-0.4, -0.2) is 22.8 Å². The third kappa shape index (κ3) is 3.19. The number of rotatable bonds is 3. The average molecular weight is 232 g/mol. The highest BCUT2D eigenvalue weighted by atomic mass is 79.9. The lowest BCUT2D eigenvalue weighted by Gasteiger charge is -2.07. The smallest absolute Gasteiger partial charge is 0.138 e. The molecule has 0 saturated heterocycles. The van der Waals surface area contributed by atoms with Gasteiger partial charge in [0.15, 0.2) is 0 Å². The summed E-state index contributed by atoms with van der Waals surface area (Å²) in [6.45, 7) is 1.96. The van der Waals surface area contributed by atoms with Crippen molar-refractivity contribution in [2.24, 2.45) is 0 Å².